The van der Waals surface area contributed by atoms with E-state index in [1.807, 2.05) is 46.6 Å². The number of para-hydroxylation sites is 1. The summed E-state index contributed by atoms with van der Waals surface area (Å²) in [5.41, 5.74) is 2.83. The number of aliphatic hydroxyl groups excluding tert-OH is 1. The number of benzene rings is 1. The molecule has 5 heteroatoms. The van der Waals surface area contributed by atoms with E-state index in [0.717, 1.165) is 32.9 Å². The van der Waals surface area contributed by atoms with Crippen molar-refractivity contribution in [3.63, 3.8) is 0 Å². The van der Waals surface area contributed by atoms with Crippen molar-refractivity contribution in [1.82, 2.24) is 14.5 Å². The molecule has 3 heterocycles. The SMILES string of the molecule is OCC#Cc1csc(-c2nccn2-c2cnc3ccccc3c2)c1. The van der Waals surface area contributed by atoms with Gasteiger partial charge in [-0.3, -0.25) is 9.55 Å². The summed E-state index contributed by atoms with van der Waals surface area (Å²) < 4.78 is 2.02. The summed E-state index contributed by atoms with van der Waals surface area (Å²) in [6.07, 6.45) is 5.57. The van der Waals surface area contributed by atoms with Gasteiger partial charge in [-0.25, -0.2) is 4.98 Å². The number of aromatic nitrogens is 3. The van der Waals surface area contributed by atoms with Gasteiger partial charge in [-0.15, -0.1) is 11.3 Å². The first-order valence-corrected chi connectivity index (χ1v) is 8.30. The molecule has 4 aromatic rings. The molecule has 0 spiro atoms. The van der Waals surface area contributed by atoms with Gasteiger partial charge in [-0.2, -0.15) is 0 Å². The van der Waals surface area contributed by atoms with Crippen LogP contribution in [0.15, 0.2) is 60.4 Å². The third kappa shape index (κ3) is 2.69. The highest BCUT2D eigenvalue weighted by atomic mass is 32.1. The van der Waals surface area contributed by atoms with Crippen molar-refractivity contribution in [1.29, 1.82) is 0 Å². The van der Waals surface area contributed by atoms with Crippen molar-refractivity contribution >= 4 is 22.2 Å². The molecule has 0 saturated carbocycles. The van der Waals surface area contributed by atoms with Gasteiger partial charge in [0, 0.05) is 28.7 Å². The number of fused-ring (bicyclic) bond motifs is 1. The number of rotatable bonds is 2. The van der Waals surface area contributed by atoms with Gasteiger partial charge in [0.1, 0.15) is 6.61 Å². The Morgan fingerprint density at radius 3 is 3.00 bits per heavy atom. The Labute approximate surface area is 143 Å². The van der Waals surface area contributed by atoms with Crippen LogP contribution in [0.2, 0.25) is 0 Å². The Bertz CT molecular complexity index is 1070. The van der Waals surface area contributed by atoms with Gasteiger partial charge in [-0.05, 0) is 18.2 Å². The van der Waals surface area contributed by atoms with Crippen LogP contribution in [0.3, 0.4) is 0 Å². The Kier molecular flexibility index (Phi) is 3.83. The van der Waals surface area contributed by atoms with Crippen LogP contribution in [-0.4, -0.2) is 26.2 Å². The molecular formula is C19H13N3OS. The monoisotopic (exact) mass is 331 g/mol. The van der Waals surface area contributed by atoms with Crippen molar-refractivity contribution < 1.29 is 5.11 Å². The Hall–Kier alpha value is -2.94. The van der Waals surface area contributed by atoms with Gasteiger partial charge < -0.3 is 5.11 Å². The first kappa shape index (κ1) is 14.6. The topological polar surface area (TPSA) is 50.9 Å². The van der Waals surface area contributed by atoms with E-state index >= 15 is 0 Å². The van der Waals surface area contributed by atoms with Crippen LogP contribution >= 0.6 is 11.3 Å². The molecule has 0 aliphatic heterocycles. The second-order valence-corrected chi connectivity index (χ2v) is 6.08. The fraction of sp³-hybridized carbons (Fsp3) is 0.0526. The summed E-state index contributed by atoms with van der Waals surface area (Å²) in [6.45, 7) is -0.136. The Balaban J connectivity index is 1.77. The average molecular weight is 331 g/mol. The molecule has 1 N–H and O–H groups in total. The van der Waals surface area contributed by atoms with E-state index in [1.54, 1.807) is 17.5 Å². The maximum atomic E-state index is 8.80. The molecule has 0 bridgehead atoms. The average Bonchev–Trinajstić information content (AvgIpc) is 3.28. The molecule has 1 aromatic carbocycles. The Morgan fingerprint density at radius 2 is 2.08 bits per heavy atom. The van der Waals surface area contributed by atoms with E-state index in [1.165, 1.54) is 0 Å². The van der Waals surface area contributed by atoms with E-state index in [9.17, 15) is 0 Å². The lowest BCUT2D eigenvalue weighted by Gasteiger charge is -2.07. The molecule has 0 fully saturated rings. The van der Waals surface area contributed by atoms with Crippen molar-refractivity contribution in [2.75, 3.05) is 6.61 Å². The van der Waals surface area contributed by atoms with Gasteiger partial charge in [-0.1, -0.05) is 30.0 Å². The van der Waals surface area contributed by atoms with Crippen LogP contribution in [-0.2, 0) is 0 Å². The van der Waals surface area contributed by atoms with Crippen LogP contribution in [0.1, 0.15) is 5.56 Å². The zero-order valence-corrected chi connectivity index (χ0v) is 13.5. The molecule has 0 aliphatic rings. The van der Waals surface area contributed by atoms with Gasteiger partial charge in [0.25, 0.3) is 0 Å². The molecule has 4 nitrogen and oxygen atoms in total. The maximum Gasteiger partial charge on any atom is 0.154 e. The highest BCUT2D eigenvalue weighted by Crippen LogP contribution is 2.28. The number of imidazole rings is 1. The van der Waals surface area contributed by atoms with Gasteiger partial charge in [0.05, 0.1) is 22.3 Å². The van der Waals surface area contributed by atoms with Crippen molar-refractivity contribution in [2.24, 2.45) is 0 Å². The first-order chi connectivity index (χ1) is 11.8. The zero-order chi connectivity index (χ0) is 16.4. The predicted molar refractivity (Wildman–Crippen MR) is 96.1 cm³/mol. The van der Waals surface area contributed by atoms with E-state index in [4.69, 9.17) is 5.11 Å². The Morgan fingerprint density at radius 1 is 1.17 bits per heavy atom. The highest BCUT2D eigenvalue weighted by Gasteiger charge is 2.11. The lowest BCUT2D eigenvalue weighted by molar-refractivity contribution is 0.350. The molecule has 0 radical (unpaired) electrons. The predicted octanol–water partition coefficient (Wildman–Crippen LogP) is 3.49. The lowest BCUT2D eigenvalue weighted by Crippen LogP contribution is -1.96. The molecule has 0 aliphatic carbocycles. The molecule has 0 saturated heterocycles. The first-order valence-electron chi connectivity index (χ1n) is 7.42. The van der Waals surface area contributed by atoms with Crippen molar-refractivity contribution in [3.05, 3.63) is 65.9 Å². The summed E-state index contributed by atoms with van der Waals surface area (Å²) in [7, 11) is 0. The fourth-order valence-corrected chi connectivity index (χ4v) is 3.38. The molecule has 0 atom stereocenters. The third-order valence-corrected chi connectivity index (χ3v) is 4.55. The van der Waals surface area contributed by atoms with Gasteiger partial charge >= 0.3 is 0 Å². The second-order valence-electron chi connectivity index (χ2n) is 5.17. The smallest absolute Gasteiger partial charge is 0.154 e. The third-order valence-electron chi connectivity index (χ3n) is 3.63. The van der Waals surface area contributed by atoms with E-state index in [2.05, 4.69) is 33.9 Å². The minimum atomic E-state index is -0.136. The number of thiophene rings is 1. The maximum absolute atomic E-state index is 8.80. The number of nitrogens with zero attached hydrogens (tertiary/aromatic N) is 3. The van der Waals surface area contributed by atoms with Gasteiger partial charge in [0.15, 0.2) is 5.82 Å². The van der Waals surface area contributed by atoms with Crippen LogP contribution < -0.4 is 0 Å². The lowest BCUT2D eigenvalue weighted by atomic mass is 10.2. The van der Waals surface area contributed by atoms with Crippen LogP contribution in [0.25, 0.3) is 27.3 Å². The normalized spacial score (nSPS) is 10.5. The minimum Gasteiger partial charge on any atom is -0.384 e. The summed E-state index contributed by atoms with van der Waals surface area (Å²) in [5.74, 6) is 6.44. The molecule has 4 rings (SSSR count). The van der Waals surface area contributed by atoms with Crippen molar-refractivity contribution in [3.8, 4) is 28.2 Å². The standard InChI is InChI=1S/C19H13N3OS/c23-9-3-4-14-10-18(24-13-14)19-20-7-8-22(19)16-11-15-5-1-2-6-17(15)21-12-16/h1-2,5-8,10-13,23H,9H2. The van der Waals surface area contributed by atoms with Crippen LogP contribution in [0.5, 0.6) is 0 Å². The summed E-state index contributed by atoms with van der Waals surface area (Å²) >= 11 is 1.58. The summed E-state index contributed by atoms with van der Waals surface area (Å²) in [4.78, 5) is 10.0. The number of hydrogen-bond acceptors (Lipinski definition) is 4. The van der Waals surface area contributed by atoms with Crippen LogP contribution in [0.4, 0.5) is 0 Å². The largest absolute Gasteiger partial charge is 0.384 e. The molecular weight excluding hydrogens is 318 g/mol. The quantitative estimate of drug-likeness (QED) is 0.572. The highest BCUT2D eigenvalue weighted by molar-refractivity contribution is 7.13. The van der Waals surface area contributed by atoms with Crippen molar-refractivity contribution in [2.45, 2.75) is 0 Å². The van der Waals surface area contributed by atoms with E-state index in [0.29, 0.717) is 0 Å². The van der Waals surface area contributed by atoms with Crippen LogP contribution in [0, 0.1) is 11.8 Å². The molecule has 0 unspecified atom stereocenters. The van der Waals surface area contributed by atoms with E-state index < -0.39 is 0 Å². The molecule has 24 heavy (non-hydrogen) atoms. The summed E-state index contributed by atoms with van der Waals surface area (Å²) in [6, 6.07) is 12.1. The summed E-state index contributed by atoms with van der Waals surface area (Å²) in [5, 5.41) is 11.9. The zero-order valence-electron chi connectivity index (χ0n) is 12.7. The number of aliphatic hydroxyl groups is 1. The molecule has 0 amide bonds. The molecule has 116 valence electrons. The minimum absolute atomic E-state index is 0.136. The molecule has 3 aromatic heterocycles. The van der Waals surface area contributed by atoms with E-state index in [-0.39, 0.29) is 6.61 Å². The number of hydrogen-bond donors (Lipinski definition) is 1. The fourth-order valence-electron chi connectivity index (χ4n) is 2.55. The van der Waals surface area contributed by atoms with Gasteiger partial charge in [0.2, 0.25) is 0 Å². The second kappa shape index (κ2) is 6.28. The number of pyridine rings is 1.